The molecule has 1 rings (SSSR count). The van der Waals surface area contributed by atoms with Crippen LogP contribution in [0.4, 0.5) is 0 Å². The molecule has 0 saturated carbocycles. The van der Waals surface area contributed by atoms with Crippen LogP contribution in [0.3, 0.4) is 0 Å². The van der Waals surface area contributed by atoms with Crippen molar-refractivity contribution in [1.82, 2.24) is 0 Å². The average Bonchev–Trinajstić information content (AvgIpc) is 2.53. The molecule has 2 nitrogen and oxygen atoms in total. The van der Waals surface area contributed by atoms with Gasteiger partial charge in [0.2, 0.25) is 0 Å². The molecular formula is C19H35NO. The monoisotopic (exact) mass is 293 g/mol. The minimum absolute atomic E-state index is 0.0858. The van der Waals surface area contributed by atoms with Gasteiger partial charge in [-0.1, -0.05) is 84.0 Å². The van der Waals surface area contributed by atoms with Gasteiger partial charge in [0.05, 0.1) is 6.26 Å². The van der Waals surface area contributed by atoms with Crippen molar-refractivity contribution in [2.75, 3.05) is 0 Å². The van der Waals surface area contributed by atoms with Crippen molar-refractivity contribution in [2.45, 2.75) is 103 Å². The minimum atomic E-state index is 0.0858. The molecule has 2 heteroatoms. The summed E-state index contributed by atoms with van der Waals surface area (Å²) in [5.41, 5.74) is 0. The van der Waals surface area contributed by atoms with E-state index in [1.165, 1.54) is 83.5 Å². The molecule has 21 heavy (non-hydrogen) atoms. The highest BCUT2D eigenvalue weighted by molar-refractivity contribution is 5.71. The van der Waals surface area contributed by atoms with E-state index in [0.29, 0.717) is 0 Å². The van der Waals surface area contributed by atoms with Crippen LogP contribution in [0.1, 0.15) is 96.8 Å². The number of rotatable bonds is 14. The van der Waals surface area contributed by atoms with Crippen molar-refractivity contribution >= 4 is 6.21 Å². The molecule has 0 aliphatic carbocycles. The molecule has 0 bridgehead atoms. The molecule has 1 aliphatic rings. The Kier molecular flexibility index (Phi) is 12.3. The Hall–Kier alpha value is -0.790. The molecule has 1 unspecified atom stereocenters. The zero-order valence-electron chi connectivity index (χ0n) is 14.1. The Balaban J connectivity index is 1.71. The van der Waals surface area contributed by atoms with Gasteiger partial charge >= 0.3 is 0 Å². The molecule has 0 aromatic carbocycles. The van der Waals surface area contributed by atoms with Crippen molar-refractivity contribution in [3.8, 4) is 0 Å². The first-order chi connectivity index (χ1) is 10.4. The average molecular weight is 293 g/mol. The Bertz CT molecular complexity index is 273. The Labute approximate surface area is 132 Å². The number of aliphatic imine (C=N–C) groups is 1. The highest BCUT2D eigenvalue weighted by Crippen LogP contribution is 2.14. The zero-order chi connectivity index (χ0) is 15.0. The summed E-state index contributed by atoms with van der Waals surface area (Å²) in [6.45, 7) is 2.28. The fourth-order valence-corrected chi connectivity index (χ4v) is 2.83. The molecule has 0 amide bonds. The molecule has 0 saturated heterocycles. The van der Waals surface area contributed by atoms with Crippen molar-refractivity contribution in [3.05, 3.63) is 12.3 Å². The zero-order valence-corrected chi connectivity index (χ0v) is 14.1. The highest BCUT2D eigenvalue weighted by Gasteiger charge is 2.05. The van der Waals surface area contributed by atoms with Crippen LogP contribution in [0.15, 0.2) is 17.3 Å². The van der Waals surface area contributed by atoms with Crippen LogP contribution >= 0.6 is 0 Å². The molecule has 122 valence electrons. The quantitative estimate of drug-likeness (QED) is 0.339. The predicted molar refractivity (Wildman–Crippen MR) is 92.8 cm³/mol. The van der Waals surface area contributed by atoms with Crippen molar-refractivity contribution < 1.29 is 4.74 Å². The summed E-state index contributed by atoms with van der Waals surface area (Å²) in [6, 6.07) is 0. The van der Waals surface area contributed by atoms with Gasteiger partial charge in [-0.05, 0) is 12.5 Å². The van der Waals surface area contributed by atoms with E-state index in [1.54, 1.807) is 6.26 Å². The van der Waals surface area contributed by atoms with E-state index in [2.05, 4.69) is 11.9 Å². The molecule has 0 spiro atoms. The first kappa shape index (κ1) is 18.3. The van der Waals surface area contributed by atoms with E-state index in [0.717, 1.165) is 6.42 Å². The van der Waals surface area contributed by atoms with Crippen molar-refractivity contribution in [3.63, 3.8) is 0 Å². The highest BCUT2D eigenvalue weighted by atomic mass is 16.5. The smallest absolute Gasteiger partial charge is 0.188 e. The fraction of sp³-hybridized carbons (Fsp3) is 0.842. The number of ether oxygens (including phenoxy) is 1. The molecule has 0 radical (unpaired) electrons. The number of unbranched alkanes of at least 4 members (excludes halogenated alkanes) is 12. The van der Waals surface area contributed by atoms with Gasteiger partial charge in [0.1, 0.15) is 0 Å². The number of allylic oxidation sites excluding steroid dienone is 1. The Morgan fingerprint density at radius 1 is 0.762 bits per heavy atom. The summed E-state index contributed by atoms with van der Waals surface area (Å²) in [5, 5.41) is 0. The van der Waals surface area contributed by atoms with E-state index in [9.17, 15) is 0 Å². The molecule has 0 aromatic heterocycles. The lowest BCUT2D eigenvalue weighted by molar-refractivity contribution is 0.138. The van der Waals surface area contributed by atoms with Crippen LogP contribution in [0, 0.1) is 0 Å². The summed E-state index contributed by atoms with van der Waals surface area (Å²) in [4.78, 5) is 4.29. The standard InChI is InChI=1S/C19H35NO/c1-2-3-4-5-6-7-8-9-10-11-12-13-14-16-19-20-17-15-18-21-19/h15,17-19H,2-14,16H2,1H3. The van der Waals surface area contributed by atoms with Gasteiger partial charge in [0.25, 0.3) is 0 Å². The maximum absolute atomic E-state index is 5.41. The predicted octanol–water partition coefficient (Wildman–Crippen LogP) is 6.41. The molecule has 1 heterocycles. The van der Waals surface area contributed by atoms with Gasteiger partial charge < -0.3 is 4.74 Å². The number of hydrogen-bond donors (Lipinski definition) is 0. The third kappa shape index (κ3) is 11.5. The lowest BCUT2D eigenvalue weighted by Gasteiger charge is -2.13. The van der Waals surface area contributed by atoms with Crippen LogP contribution in [-0.2, 0) is 4.74 Å². The molecule has 0 aromatic rings. The third-order valence-electron chi connectivity index (χ3n) is 4.21. The van der Waals surface area contributed by atoms with Crippen LogP contribution < -0.4 is 0 Å². The fourth-order valence-electron chi connectivity index (χ4n) is 2.83. The molecule has 1 aliphatic heterocycles. The molecule has 1 atom stereocenters. The summed E-state index contributed by atoms with van der Waals surface area (Å²) < 4.78 is 5.41. The van der Waals surface area contributed by atoms with E-state index in [4.69, 9.17) is 4.74 Å². The number of nitrogens with zero attached hydrogens (tertiary/aromatic N) is 1. The van der Waals surface area contributed by atoms with Crippen molar-refractivity contribution in [2.24, 2.45) is 4.99 Å². The van der Waals surface area contributed by atoms with Crippen LogP contribution in [0.25, 0.3) is 0 Å². The summed E-state index contributed by atoms with van der Waals surface area (Å²) in [7, 11) is 0. The first-order valence-electron chi connectivity index (χ1n) is 9.27. The van der Waals surface area contributed by atoms with E-state index >= 15 is 0 Å². The number of hydrogen-bond acceptors (Lipinski definition) is 2. The second-order valence-electron chi connectivity index (χ2n) is 6.25. The SMILES string of the molecule is CCCCCCCCCCCCCCCC1N=CC=CO1. The van der Waals surface area contributed by atoms with Crippen LogP contribution in [0.2, 0.25) is 0 Å². The van der Waals surface area contributed by atoms with Crippen LogP contribution in [0.5, 0.6) is 0 Å². The van der Waals surface area contributed by atoms with Crippen molar-refractivity contribution in [1.29, 1.82) is 0 Å². The second kappa shape index (κ2) is 14.2. The largest absolute Gasteiger partial charge is 0.476 e. The lowest BCUT2D eigenvalue weighted by Crippen LogP contribution is -2.08. The normalized spacial score (nSPS) is 17.1. The molecular weight excluding hydrogens is 258 g/mol. The molecule has 0 fully saturated rings. The second-order valence-corrected chi connectivity index (χ2v) is 6.25. The third-order valence-corrected chi connectivity index (χ3v) is 4.21. The van der Waals surface area contributed by atoms with E-state index < -0.39 is 0 Å². The Morgan fingerprint density at radius 2 is 1.29 bits per heavy atom. The topological polar surface area (TPSA) is 21.6 Å². The summed E-state index contributed by atoms with van der Waals surface area (Å²) >= 11 is 0. The van der Waals surface area contributed by atoms with E-state index in [1.807, 2.05) is 12.3 Å². The van der Waals surface area contributed by atoms with E-state index in [-0.39, 0.29) is 6.23 Å². The van der Waals surface area contributed by atoms with Gasteiger partial charge in [-0.3, -0.25) is 4.99 Å². The van der Waals surface area contributed by atoms with Gasteiger partial charge in [-0.15, -0.1) is 0 Å². The summed E-state index contributed by atoms with van der Waals surface area (Å²) in [5.74, 6) is 0. The van der Waals surface area contributed by atoms with Crippen LogP contribution in [-0.4, -0.2) is 12.4 Å². The first-order valence-corrected chi connectivity index (χ1v) is 9.27. The maximum Gasteiger partial charge on any atom is 0.188 e. The lowest BCUT2D eigenvalue weighted by atomic mass is 10.0. The minimum Gasteiger partial charge on any atom is -0.476 e. The summed E-state index contributed by atoms with van der Waals surface area (Å²) in [6.07, 6.45) is 24.9. The van der Waals surface area contributed by atoms with Gasteiger partial charge in [-0.25, -0.2) is 0 Å². The van der Waals surface area contributed by atoms with Gasteiger partial charge in [-0.2, -0.15) is 0 Å². The van der Waals surface area contributed by atoms with Gasteiger partial charge in [0.15, 0.2) is 6.23 Å². The molecule has 0 N–H and O–H groups in total. The maximum atomic E-state index is 5.41. The van der Waals surface area contributed by atoms with Gasteiger partial charge in [0, 0.05) is 12.6 Å². The Morgan fingerprint density at radius 3 is 1.76 bits per heavy atom.